The monoisotopic (exact) mass is 165 g/mol. The summed E-state index contributed by atoms with van der Waals surface area (Å²) in [5, 5.41) is 16.9. The molecule has 0 rings (SSSR count). The van der Waals surface area contributed by atoms with E-state index in [0.717, 1.165) is 0 Å². The van der Waals surface area contributed by atoms with Gasteiger partial charge in [0.15, 0.2) is 0 Å². The molecule has 0 aliphatic heterocycles. The summed E-state index contributed by atoms with van der Waals surface area (Å²) in [6, 6.07) is 4.71. The fraction of sp³-hybridized carbons (Fsp3) is 0.778. The van der Waals surface area contributed by atoms with Crippen molar-refractivity contribution < 1.29 is 0 Å². The van der Waals surface area contributed by atoms with Crippen molar-refractivity contribution in [2.24, 2.45) is 0 Å². The standard InChI is InChI=1S/C9H15N3/c1-8(4-6-10)12(3)9(2)5-7-11/h8-9H,4-5H2,1-3H3. The van der Waals surface area contributed by atoms with E-state index >= 15 is 0 Å². The molecule has 2 atom stereocenters. The van der Waals surface area contributed by atoms with Crippen LogP contribution in [-0.4, -0.2) is 24.0 Å². The predicted molar refractivity (Wildman–Crippen MR) is 47.1 cm³/mol. The zero-order chi connectivity index (χ0) is 9.56. The van der Waals surface area contributed by atoms with Crippen LogP contribution in [-0.2, 0) is 0 Å². The van der Waals surface area contributed by atoms with Crippen molar-refractivity contribution in [3.63, 3.8) is 0 Å². The van der Waals surface area contributed by atoms with E-state index in [1.54, 1.807) is 0 Å². The van der Waals surface area contributed by atoms with Crippen LogP contribution in [0, 0.1) is 22.7 Å². The Kier molecular flexibility index (Phi) is 5.08. The van der Waals surface area contributed by atoms with Gasteiger partial charge in [-0.05, 0) is 20.9 Å². The van der Waals surface area contributed by atoms with Gasteiger partial charge < -0.3 is 0 Å². The highest BCUT2D eigenvalue weighted by atomic mass is 15.1. The minimum atomic E-state index is 0.235. The van der Waals surface area contributed by atoms with Crippen molar-refractivity contribution in [2.45, 2.75) is 38.8 Å². The molecular weight excluding hydrogens is 150 g/mol. The molecule has 2 unspecified atom stereocenters. The normalized spacial score (nSPS) is 14.8. The lowest BCUT2D eigenvalue weighted by Crippen LogP contribution is -2.36. The second kappa shape index (κ2) is 5.57. The molecule has 0 radical (unpaired) electrons. The zero-order valence-corrected chi connectivity index (χ0v) is 7.91. The van der Waals surface area contributed by atoms with Gasteiger partial charge in [-0.1, -0.05) is 0 Å². The van der Waals surface area contributed by atoms with Crippen LogP contribution in [0.3, 0.4) is 0 Å². The molecule has 0 spiro atoms. The second-order valence-corrected chi connectivity index (χ2v) is 3.09. The lowest BCUT2D eigenvalue weighted by molar-refractivity contribution is 0.200. The van der Waals surface area contributed by atoms with Gasteiger partial charge in [-0.2, -0.15) is 10.5 Å². The van der Waals surface area contributed by atoms with Gasteiger partial charge >= 0.3 is 0 Å². The van der Waals surface area contributed by atoms with Crippen molar-refractivity contribution in [3.05, 3.63) is 0 Å². The van der Waals surface area contributed by atoms with Crippen LogP contribution in [0.5, 0.6) is 0 Å². The van der Waals surface area contributed by atoms with E-state index in [2.05, 4.69) is 17.0 Å². The van der Waals surface area contributed by atoms with E-state index < -0.39 is 0 Å². The van der Waals surface area contributed by atoms with Gasteiger partial charge in [-0.3, -0.25) is 4.90 Å². The van der Waals surface area contributed by atoms with Gasteiger partial charge in [-0.25, -0.2) is 0 Å². The van der Waals surface area contributed by atoms with Gasteiger partial charge in [0.05, 0.1) is 25.0 Å². The highest BCUT2D eigenvalue weighted by Gasteiger charge is 2.14. The van der Waals surface area contributed by atoms with Crippen molar-refractivity contribution in [2.75, 3.05) is 7.05 Å². The molecule has 0 saturated heterocycles. The molecule has 0 aliphatic rings. The van der Waals surface area contributed by atoms with E-state index in [0.29, 0.717) is 12.8 Å². The molecule has 0 fully saturated rings. The van der Waals surface area contributed by atoms with Crippen molar-refractivity contribution in [3.8, 4) is 12.1 Å². The van der Waals surface area contributed by atoms with Crippen molar-refractivity contribution >= 4 is 0 Å². The van der Waals surface area contributed by atoms with E-state index in [1.807, 2.05) is 20.9 Å². The maximum atomic E-state index is 8.46. The highest BCUT2D eigenvalue weighted by Crippen LogP contribution is 2.07. The number of nitriles is 2. The first-order valence-corrected chi connectivity index (χ1v) is 4.09. The van der Waals surface area contributed by atoms with E-state index in [4.69, 9.17) is 10.5 Å². The van der Waals surface area contributed by atoms with Crippen LogP contribution < -0.4 is 0 Å². The Hall–Kier alpha value is -1.06. The van der Waals surface area contributed by atoms with Crippen LogP contribution in [0.1, 0.15) is 26.7 Å². The molecular formula is C9H15N3. The average Bonchev–Trinajstić information content (AvgIpc) is 2.04. The minimum absolute atomic E-state index is 0.235. The molecule has 3 heteroatoms. The first kappa shape index (κ1) is 10.9. The van der Waals surface area contributed by atoms with Gasteiger partial charge in [0.2, 0.25) is 0 Å². The largest absolute Gasteiger partial charge is 0.299 e. The minimum Gasteiger partial charge on any atom is -0.299 e. The summed E-state index contributed by atoms with van der Waals surface area (Å²) in [5.74, 6) is 0. The maximum absolute atomic E-state index is 8.46. The summed E-state index contributed by atoms with van der Waals surface area (Å²) in [7, 11) is 1.95. The molecule has 12 heavy (non-hydrogen) atoms. The number of hydrogen-bond acceptors (Lipinski definition) is 3. The Morgan fingerprint density at radius 3 is 1.67 bits per heavy atom. The van der Waals surface area contributed by atoms with Gasteiger partial charge in [0, 0.05) is 12.1 Å². The fourth-order valence-electron chi connectivity index (χ4n) is 0.987. The third kappa shape index (κ3) is 3.37. The number of nitrogens with zero attached hydrogens (tertiary/aromatic N) is 3. The molecule has 0 aromatic carbocycles. The first-order valence-electron chi connectivity index (χ1n) is 4.09. The fourth-order valence-corrected chi connectivity index (χ4v) is 0.987. The summed E-state index contributed by atoms with van der Waals surface area (Å²) in [6.45, 7) is 3.99. The third-order valence-corrected chi connectivity index (χ3v) is 2.16. The highest BCUT2D eigenvalue weighted by molar-refractivity contribution is 4.84. The van der Waals surface area contributed by atoms with Crippen LogP contribution in [0.2, 0.25) is 0 Å². The summed E-state index contributed by atoms with van der Waals surface area (Å²) in [5.41, 5.74) is 0. The summed E-state index contributed by atoms with van der Waals surface area (Å²) < 4.78 is 0. The van der Waals surface area contributed by atoms with E-state index in [1.165, 1.54) is 0 Å². The molecule has 66 valence electrons. The molecule has 0 aromatic heterocycles. The summed E-state index contributed by atoms with van der Waals surface area (Å²) in [6.07, 6.45) is 1.04. The Morgan fingerprint density at radius 2 is 1.42 bits per heavy atom. The van der Waals surface area contributed by atoms with Crippen LogP contribution in [0.4, 0.5) is 0 Å². The third-order valence-electron chi connectivity index (χ3n) is 2.16. The molecule has 0 amide bonds. The summed E-state index contributed by atoms with van der Waals surface area (Å²) in [4.78, 5) is 2.06. The van der Waals surface area contributed by atoms with Crippen molar-refractivity contribution in [1.29, 1.82) is 10.5 Å². The SMILES string of the molecule is CC(CC#N)N(C)C(C)CC#N. The molecule has 0 aliphatic carbocycles. The summed E-state index contributed by atoms with van der Waals surface area (Å²) >= 11 is 0. The Morgan fingerprint density at radius 1 is 1.08 bits per heavy atom. The molecule has 0 aromatic rings. The topological polar surface area (TPSA) is 50.8 Å². The quantitative estimate of drug-likeness (QED) is 0.634. The Bertz CT molecular complexity index is 177. The molecule has 0 N–H and O–H groups in total. The lowest BCUT2D eigenvalue weighted by atomic mass is 10.1. The predicted octanol–water partition coefficient (Wildman–Crippen LogP) is 1.52. The van der Waals surface area contributed by atoms with Gasteiger partial charge in [0.25, 0.3) is 0 Å². The van der Waals surface area contributed by atoms with Crippen molar-refractivity contribution in [1.82, 2.24) is 4.90 Å². The molecule has 0 saturated carbocycles. The van der Waals surface area contributed by atoms with E-state index in [9.17, 15) is 0 Å². The smallest absolute Gasteiger partial charge is 0.0638 e. The van der Waals surface area contributed by atoms with Crippen LogP contribution >= 0.6 is 0 Å². The van der Waals surface area contributed by atoms with Crippen LogP contribution in [0.25, 0.3) is 0 Å². The van der Waals surface area contributed by atoms with Crippen LogP contribution in [0.15, 0.2) is 0 Å². The second-order valence-electron chi connectivity index (χ2n) is 3.09. The Balaban J connectivity index is 3.93. The maximum Gasteiger partial charge on any atom is 0.0638 e. The van der Waals surface area contributed by atoms with Gasteiger partial charge in [0.1, 0.15) is 0 Å². The first-order chi connectivity index (χ1) is 5.63. The number of rotatable bonds is 4. The lowest BCUT2D eigenvalue weighted by Gasteiger charge is -2.27. The molecule has 0 bridgehead atoms. The average molecular weight is 165 g/mol. The number of hydrogen-bond donors (Lipinski definition) is 0. The molecule has 3 nitrogen and oxygen atoms in total. The zero-order valence-electron chi connectivity index (χ0n) is 7.91. The molecule has 0 heterocycles. The van der Waals surface area contributed by atoms with Gasteiger partial charge in [-0.15, -0.1) is 0 Å². The van der Waals surface area contributed by atoms with E-state index in [-0.39, 0.29) is 12.1 Å². The Labute approximate surface area is 74.2 Å².